The fraction of sp³-hybridized carbons (Fsp3) is 0.185. The van der Waals surface area contributed by atoms with E-state index >= 15 is 0 Å². The van der Waals surface area contributed by atoms with E-state index in [1.165, 1.54) is 4.90 Å². The van der Waals surface area contributed by atoms with Gasteiger partial charge in [0.15, 0.2) is 0 Å². The lowest BCUT2D eigenvalue weighted by Gasteiger charge is -2.35. The molecule has 0 aromatic heterocycles. The number of methoxy groups -OCH3 is 1. The number of amides is 2. The van der Waals surface area contributed by atoms with E-state index in [1.807, 2.05) is 72.8 Å². The van der Waals surface area contributed by atoms with Gasteiger partial charge in [-0.15, -0.1) is 0 Å². The number of carbonyl (C=O) groups is 2. The Bertz CT molecular complexity index is 1260. The second-order valence-electron chi connectivity index (χ2n) is 7.92. The quantitative estimate of drug-likeness (QED) is 0.245. The van der Waals surface area contributed by atoms with Crippen molar-refractivity contribution < 1.29 is 19.1 Å². The Hall–Kier alpha value is -2.94. The van der Waals surface area contributed by atoms with Gasteiger partial charge in [0.05, 0.1) is 23.9 Å². The molecule has 0 radical (unpaired) electrons. The van der Waals surface area contributed by atoms with Crippen LogP contribution in [-0.2, 0) is 14.3 Å². The molecule has 1 unspecified atom stereocenters. The summed E-state index contributed by atoms with van der Waals surface area (Å²) in [6.45, 7) is 2.16. The molecule has 35 heavy (non-hydrogen) atoms. The first-order valence-corrected chi connectivity index (χ1v) is 12.6. The molecule has 3 aromatic carbocycles. The third-order valence-electron chi connectivity index (χ3n) is 5.74. The summed E-state index contributed by atoms with van der Waals surface area (Å²) in [5, 5.41) is 2.99. The molecule has 1 N–H and O–H groups in total. The molecule has 1 heterocycles. The summed E-state index contributed by atoms with van der Waals surface area (Å²) >= 11 is 7.01. The Balaban J connectivity index is 1.73. The number of hydrogen-bond acceptors (Lipinski definition) is 4. The number of ether oxygens (including phenoxy) is 2. The third kappa shape index (κ3) is 5.50. The summed E-state index contributed by atoms with van der Waals surface area (Å²) < 4.78 is 12.4. The van der Waals surface area contributed by atoms with Crippen molar-refractivity contribution in [3.8, 4) is 11.1 Å². The van der Waals surface area contributed by atoms with Gasteiger partial charge in [-0.05, 0) is 53.9 Å². The summed E-state index contributed by atoms with van der Waals surface area (Å²) in [4.78, 5) is 27.9. The Morgan fingerprint density at radius 3 is 2.31 bits per heavy atom. The maximum absolute atomic E-state index is 13.2. The molecule has 2 amide bonds. The van der Waals surface area contributed by atoms with Crippen LogP contribution >= 0.6 is 31.9 Å². The molecule has 1 aliphatic heterocycles. The average molecular weight is 600 g/mol. The molecule has 1 aliphatic rings. The number of halogens is 2. The van der Waals surface area contributed by atoms with Gasteiger partial charge in [0.25, 0.3) is 0 Å². The zero-order valence-electron chi connectivity index (χ0n) is 19.3. The molecule has 0 saturated carbocycles. The van der Waals surface area contributed by atoms with Crippen LogP contribution in [0.25, 0.3) is 11.1 Å². The number of anilines is 1. The molecular formula is C27H24Br2N2O4. The van der Waals surface area contributed by atoms with E-state index in [0.29, 0.717) is 17.0 Å². The Kier molecular flexibility index (Phi) is 8.05. The Morgan fingerprint density at radius 2 is 1.66 bits per heavy atom. The first-order chi connectivity index (χ1) is 16.9. The molecule has 0 aliphatic carbocycles. The number of rotatable bonds is 7. The number of urea groups is 1. The van der Waals surface area contributed by atoms with Crippen molar-refractivity contribution in [2.45, 2.75) is 13.0 Å². The van der Waals surface area contributed by atoms with Crippen molar-refractivity contribution in [3.63, 3.8) is 0 Å². The topological polar surface area (TPSA) is 67.9 Å². The number of carbonyl (C=O) groups excluding carboxylic acids is 2. The number of hydrogen-bond donors (Lipinski definition) is 1. The van der Waals surface area contributed by atoms with Crippen LogP contribution in [0.2, 0.25) is 0 Å². The number of allylic oxidation sites excluding steroid dienone is 1. The summed E-state index contributed by atoms with van der Waals surface area (Å²) in [6.07, 6.45) is 0. The standard InChI is InChI=1S/C27H24Br2N2O4/c1-17-24(26(32)35-16-15-34-2)25(30-27(33)31(17)21-13-11-20(28)12-14-21)19-9-7-18(8-10-19)22-5-3-4-6-23(22)29/h3-14,25H,15-16H2,1-2H3,(H,30,33). The molecule has 8 heteroatoms. The highest BCUT2D eigenvalue weighted by Crippen LogP contribution is 2.36. The lowest BCUT2D eigenvalue weighted by Crippen LogP contribution is -2.48. The van der Waals surface area contributed by atoms with Crippen molar-refractivity contribution in [2.75, 3.05) is 25.2 Å². The number of esters is 1. The lowest BCUT2D eigenvalue weighted by atomic mass is 9.93. The van der Waals surface area contributed by atoms with Gasteiger partial charge < -0.3 is 14.8 Å². The third-order valence-corrected chi connectivity index (χ3v) is 6.96. The van der Waals surface area contributed by atoms with Crippen molar-refractivity contribution in [1.29, 1.82) is 0 Å². The van der Waals surface area contributed by atoms with Crippen LogP contribution in [-0.4, -0.2) is 32.3 Å². The SMILES string of the molecule is COCCOC(=O)C1=C(C)N(c2ccc(Br)cc2)C(=O)NC1c1ccc(-c2ccccc2Br)cc1. The van der Waals surface area contributed by atoms with Crippen LogP contribution in [0.4, 0.5) is 10.5 Å². The Morgan fingerprint density at radius 1 is 0.971 bits per heavy atom. The van der Waals surface area contributed by atoms with E-state index in [2.05, 4.69) is 37.2 Å². The van der Waals surface area contributed by atoms with Gasteiger partial charge in [0, 0.05) is 21.8 Å². The molecular weight excluding hydrogens is 576 g/mol. The fourth-order valence-electron chi connectivity index (χ4n) is 4.00. The van der Waals surface area contributed by atoms with E-state index in [0.717, 1.165) is 25.6 Å². The number of nitrogens with zero attached hydrogens (tertiary/aromatic N) is 1. The maximum Gasteiger partial charge on any atom is 0.338 e. The van der Waals surface area contributed by atoms with E-state index in [-0.39, 0.29) is 19.2 Å². The molecule has 0 saturated heterocycles. The maximum atomic E-state index is 13.2. The zero-order chi connectivity index (χ0) is 24.9. The highest BCUT2D eigenvalue weighted by atomic mass is 79.9. The highest BCUT2D eigenvalue weighted by Gasteiger charge is 2.37. The van der Waals surface area contributed by atoms with Gasteiger partial charge >= 0.3 is 12.0 Å². The molecule has 0 bridgehead atoms. The van der Waals surface area contributed by atoms with Crippen LogP contribution < -0.4 is 10.2 Å². The average Bonchev–Trinajstić information content (AvgIpc) is 2.85. The molecule has 6 nitrogen and oxygen atoms in total. The van der Waals surface area contributed by atoms with Crippen molar-refractivity contribution in [2.24, 2.45) is 0 Å². The van der Waals surface area contributed by atoms with E-state index in [4.69, 9.17) is 9.47 Å². The van der Waals surface area contributed by atoms with Crippen LogP contribution in [0.3, 0.4) is 0 Å². The molecule has 4 rings (SSSR count). The van der Waals surface area contributed by atoms with E-state index in [9.17, 15) is 9.59 Å². The summed E-state index contributed by atoms with van der Waals surface area (Å²) in [5.74, 6) is -0.499. The predicted molar refractivity (Wildman–Crippen MR) is 143 cm³/mol. The summed E-state index contributed by atoms with van der Waals surface area (Å²) in [6, 6.07) is 22.1. The van der Waals surface area contributed by atoms with Crippen LogP contribution in [0.1, 0.15) is 18.5 Å². The Labute approximate surface area is 221 Å². The van der Waals surface area contributed by atoms with Gasteiger partial charge in [-0.3, -0.25) is 4.90 Å². The van der Waals surface area contributed by atoms with Crippen LogP contribution in [0.5, 0.6) is 0 Å². The normalized spacial score (nSPS) is 15.7. The van der Waals surface area contributed by atoms with E-state index in [1.54, 1.807) is 14.0 Å². The minimum absolute atomic E-state index is 0.117. The van der Waals surface area contributed by atoms with Gasteiger partial charge in [-0.2, -0.15) is 0 Å². The highest BCUT2D eigenvalue weighted by molar-refractivity contribution is 9.10. The summed E-state index contributed by atoms with van der Waals surface area (Å²) in [7, 11) is 1.55. The molecule has 0 spiro atoms. The monoisotopic (exact) mass is 598 g/mol. The number of benzene rings is 3. The van der Waals surface area contributed by atoms with Gasteiger partial charge in [0.1, 0.15) is 6.61 Å². The molecule has 3 aromatic rings. The van der Waals surface area contributed by atoms with Gasteiger partial charge in [-0.1, -0.05) is 74.3 Å². The smallest absolute Gasteiger partial charge is 0.338 e. The molecule has 1 atom stereocenters. The zero-order valence-corrected chi connectivity index (χ0v) is 22.4. The van der Waals surface area contributed by atoms with Gasteiger partial charge in [-0.25, -0.2) is 9.59 Å². The van der Waals surface area contributed by atoms with Crippen LogP contribution in [0, 0.1) is 0 Å². The van der Waals surface area contributed by atoms with E-state index < -0.39 is 12.0 Å². The molecule has 180 valence electrons. The van der Waals surface area contributed by atoms with Crippen molar-refractivity contribution in [1.82, 2.24) is 5.32 Å². The fourth-order valence-corrected chi connectivity index (χ4v) is 4.78. The van der Waals surface area contributed by atoms with Gasteiger partial charge in [0.2, 0.25) is 0 Å². The predicted octanol–water partition coefficient (Wildman–Crippen LogP) is 6.61. The van der Waals surface area contributed by atoms with Crippen molar-refractivity contribution >= 4 is 49.5 Å². The van der Waals surface area contributed by atoms with Crippen LogP contribution in [0.15, 0.2) is 93.0 Å². The second kappa shape index (κ2) is 11.2. The minimum Gasteiger partial charge on any atom is -0.460 e. The minimum atomic E-state index is -0.655. The first kappa shape index (κ1) is 25.2. The largest absolute Gasteiger partial charge is 0.460 e. The summed E-state index contributed by atoms with van der Waals surface area (Å²) in [5.41, 5.74) is 4.38. The second-order valence-corrected chi connectivity index (χ2v) is 9.69. The lowest BCUT2D eigenvalue weighted by molar-refractivity contribution is -0.140. The van der Waals surface area contributed by atoms with Crippen molar-refractivity contribution in [3.05, 3.63) is 98.6 Å². The number of nitrogens with one attached hydrogen (secondary N) is 1. The first-order valence-electron chi connectivity index (χ1n) is 11.0. The molecule has 0 fully saturated rings.